The van der Waals surface area contributed by atoms with Gasteiger partial charge in [0.25, 0.3) is 5.91 Å². The fourth-order valence-corrected chi connectivity index (χ4v) is 2.48. The molecule has 0 radical (unpaired) electrons. The molecule has 0 aliphatic heterocycles. The van der Waals surface area contributed by atoms with Crippen molar-refractivity contribution in [2.75, 3.05) is 12.0 Å². The fourth-order valence-electron chi connectivity index (χ4n) is 2.02. The van der Waals surface area contributed by atoms with Crippen molar-refractivity contribution in [1.82, 2.24) is 5.32 Å². The maximum atomic E-state index is 12.1. The third-order valence-electron chi connectivity index (χ3n) is 3.51. The molecule has 25 heavy (non-hydrogen) atoms. The first kappa shape index (κ1) is 19.3. The second kappa shape index (κ2) is 10.1. The molecule has 1 amide bonds. The van der Waals surface area contributed by atoms with Gasteiger partial charge in [0, 0.05) is 10.8 Å². The van der Waals surface area contributed by atoms with Crippen LogP contribution in [0.3, 0.4) is 0 Å². The molecule has 132 valence electrons. The molecular weight excluding hydrogens is 352 g/mol. The number of rotatable bonds is 8. The van der Waals surface area contributed by atoms with Crippen LogP contribution < -0.4 is 10.7 Å². The zero-order valence-electron chi connectivity index (χ0n) is 14.0. The Kier molecular flexibility index (Phi) is 7.81. The number of nitrogens with one attached hydrogen (secondary N) is 2. The zero-order valence-corrected chi connectivity index (χ0v) is 15.8. The predicted octanol–water partition coefficient (Wildman–Crippen LogP) is 4.15. The maximum Gasteiger partial charge on any atom is 0.252 e. The summed E-state index contributed by atoms with van der Waals surface area (Å²) in [6.07, 6.45) is 0.644. The summed E-state index contributed by atoms with van der Waals surface area (Å²) in [5, 5.41) is 10.3. The lowest BCUT2D eigenvalue weighted by Crippen LogP contribution is -2.37. The molecule has 2 unspecified atom stereocenters. The first-order valence-electron chi connectivity index (χ1n) is 7.97. The Morgan fingerprint density at radius 2 is 1.76 bits per heavy atom. The van der Waals surface area contributed by atoms with E-state index < -0.39 is 0 Å². The van der Waals surface area contributed by atoms with Crippen molar-refractivity contribution in [3.63, 3.8) is 0 Å². The van der Waals surface area contributed by atoms with Crippen LogP contribution in [-0.4, -0.2) is 23.1 Å². The molecular formula is C18H22N4OS2. The van der Waals surface area contributed by atoms with E-state index in [2.05, 4.69) is 46.3 Å². The highest BCUT2D eigenvalue weighted by Gasteiger charge is 2.16. The number of carbonyl (C=O) groups excluding carboxylic acids is 1. The lowest BCUT2D eigenvalue weighted by molar-refractivity contribution is 0.0949. The first-order valence-corrected chi connectivity index (χ1v) is 9.01. The van der Waals surface area contributed by atoms with Crippen molar-refractivity contribution in [3.05, 3.63) is 65.7 Å². The number of thiol groups is 2. The lowest BCUT2D eigenvalue weighted by Gasteiger charge is -2.19. The Balaban J connectivity index is 1.70. The monoisotopic (exact) mass is 374 g/mol. The minimum atomic E-state index is -0.365. The predicted molar refractivity (Wildman–Crippen MR) is 109 cm³/mol. The summed E-state index contributed by atoms with van der Waals surface area (Å²) < 4.78 is 0. The highest BCUT2D eigenvalue weighted by molar-refractivity contribution is 7.85. The number of nitrogens with zero attached hydrogens (tertiary/aromatic N) is 2. The molecule has 2 N–H and O–H groups in total. The van der Waals surface area contributed by atoms with Crippen LogP contribution >= 0.6 is 25.3 Å². The number of carbonyl (C=O) groups is 1. The van der Waals surface area contributed by atoms with Crippen LogP contribution in [0.4, 0.5) is 5.69 Å². The summed E-state index contributed by atoms with van der Waals surface area (Å²) in [7, 11) is 0. The van der Waals surface area contributed by atoms with Gasteiger partial charge in [-0.25, -0.2) is 0 Å². The molecule has 5 nitrogen and oxygen atoms in total. The van der Waals surface area contributed by atoms with Gasteiger partial charge in [-0.2, -0.15) is 30.4 Å². The van der Waals surface area contributed by atoms with E-state index in [-0.39, 0.29) is 16.5 Å². The van der Waals surface area contributed by atoms with Gasteiger partial charge >= 0.3 is 0 Å². The van der Waals surface area contributed by atoms with Crippen molar-refractivity contribution < 1.29 is 4.79 Å². The first-order chi connectivity index (χ1) is 12.1. The molecule has 0 heterocycles. The third kappa shape index (κ3) is 6.80. The number of benzene rings is 2. The Bertz CT molecular complexity index is 692. The van der Waals surface area contributed by atoms with Crippen LogP contribution in [0.15, 0.2) is 64.9 Å². The van der Waals surface area contributed by atoms with Crippen molar-refractivity contribution >= 4 is 36.9 Å². The maximum absolute atomic E-state index is 12.1. The Hall–Kier alpha value is -1.99. The van der Waals surface area contributed by atoms with E-state index in [0.717, 1.165) is 5.69 Å². The highest BCUT2D eigenvalue weighted by atomic mass is 32.1. The molecule has 0 aliphatic carbocycles. The second-order valence-electron chi connectivity index (χ2n) is 5.58. The van der Waals surface area contributed by atoms with E-state index in [9.17, 15) is 4.79 Å². The summed E-state index contributed by atoms with van der Waals surface area (Å²) >= 11 is 8.89. The number of aryl methyl sites for hydroxylation is 1. The third-order valence-corrected chi connectivity index (χ3v) is 4.79. The minimum Gasteiger partial charge on any atom is -0.339 e. The van der Waals surface area contributed by atoms with E-state index >= 15 is 0 Å². The molecule has 2 aromatic rings. The van der Waals surface area contributed by atoms with E-state index in [1.807, 2.05) is 49.4 Å². The summed E-state index contributed by atoms with van der Waals surface area (Å²) in [5.74, 6) is -0.165. The topological polar surface area (TPSA) is 65.8 Å². The summed E-state index contributed by atoms with van der Waals surface area (Å²) in [6.45, 7) is 2.52. The van der Waals surface area contributed by atoms with Gasteiger partial charge in [0.1, 0.15) is 0 Å². The van der Waals surface area contributed by atoms with E-state index in [4.69, 9.17) is 0 Å². The molecule has 0 aromatic heterocycles. The standard InChI is InChI=1S/C18H22N4OS2/c1-13-7-9-15(10-8-13)21-22-19-12-11-16(24)18(25)20-17(23)14-5-3-2-4-6-14/h2-10,16,18,24-25H,11-12H2,1H3,(H,19,21)(H,20,23). The normalized spacial score (nSPS) is 13.4. The van der Waals surface area contributed by atoms with Gasteiger partial charge in [-0.05, 0) is 37.6 Å². The average molecular weight is 375 g/mol. The molecule has 0 bridgehead atoms. The molecule has 7 heteroatoms. The van der Waals surface area contributed by atoms with Crippen molar-refractivity contribution in [1.29, 1.82) is 0 Å². The van der Waals surface area contributed by atoms with E-state index in [1.54, 1.807) is 12.1 Å². The molecule has 2 rings (SSSR count). The Morgan fingerprint density at radius 1 is 1.08 bits per heavy atom. The van der Waals surface area contributed by atoms with Crippen molar-refractivity contribution in [2.24, 2.45) is 10.3 Å². The van der Waals surface area contributed by atoms with Crippen LogP contribution in [0.5, 0.6) is 0 Å². The number of hydrogen-bond acceptors (Lipinski definition) is 5. The summed E-state index contributed by atoms with van der Waals surface area (Å²) in [6, 6.07) is 16.9. The number of anilines is 1. The summed E-state index contributed by atoms with van der Waals surface area (Å²) in [4.78, 5) is 12.1. The zero-order chi connectivity index (χ0) is 18.1. The Morgan fingerprint density at radius 3 is 2.44 bits per heavy atom. The molecule has 0 spiro atoms. The van der Waals surface area contributed by atoms with Gasteiger partial charge in [0.05, 0.1) is 17.6 Å². The fraction of sp³-hybridized carbons (Fsp3) is 0.278. The van der Waals surface area contributed by atoms with Gasteiger partial charge in [-0.3, -0.25) is 10.2 Å². The van der Waals surface area contributed by atoms with E-state index in [1.165, 1.54) is 5.56 Å². The van der Waals surface area contributed by atoms with Crippen LogP contribution in [0.25, 0.3) is 0 Å². The molecule has 0 aliphatic rings. The number of amides is 1. The van der Waals surface area contributed by atoms with Crippen LogP contribution in [0, 0.1) is 6.92 Å². The van der Waals surface area contributed by atoms with Gasteiger partial charge in [-0.1, -0.05) is 41.1 Å². The molecule has 0 saturated carbocycles. The molecule has 0 saturated heterocycles. The van der Waals surface area contributed by atoms with Gasteiger partial charge in [-0.15, -0.1) is 0 Å². The van der Waals surface area contributed by atoms with Gasteiger partial charge in [0.2, 0.25) is 0 Å². The largest absolute Gasteiger partial charge is 0.339 e. The highest BCUT2D eigenvalue weighted by Crippen LogP contribution is 2.13. The van der Waals surface area contributed by atoms with Crippen molar-refractivity contribution in [3.8, 4) is 0 Å². The molecule has 0 fully saturated rings. The lowest BCUT2D eigenvalue weighted by atomic mass is 10.2. The van der Waals surface area contributed by atoms with Crippen LogP contribution in [0.1, 0.15) is 22.3 Å². The van der Waals surface area contributed by atoms with Gasteiger partial charge in [0.15, 0.2) is 0 Å². The van der Waals surface area contributed by atoms with Crippen molar-refractivity contribution in [2.45, 2.75) is 24.0 Å². The van der Waals surface area contributed by atoms with Crippen LogP contribution in [-0.2, 0) is 0 Å². The van der Waals surface area contributed by atoms with Crippen LogP contribution in [0.2, 0.25) is 0 Å². The molecule has 2 atom stereocenters. The Labute approximate surface area is 159 Å². The number of hydrogen-bond donors (Lipinski definition) is 4. The SMILES string of the molecule is Cc1ccc(NN=NCCC(S)C(S)NC(=O)c2ccccc2)cc1. The molecule has 2 aromatic carbocycles. The van der Waals surface area contributed by atoms with E-state index in [0.29, 0.717) is 18.5 Å². The quantitative estimate of drug-likeness (QED) is 0.243. The second-order valence-corrected chi connectivity index (χ2v) is 6.80. The minimum absolute atomic E-state index is 0.130. The van der Waals surface area contributed by atoms with Gasteiger partial charge < -0.3 is 5.32 Å². The smallest absolute Gasteiger partial charge is 0.252 e. The average Bonchev–Trinajstić information content (AvgIpc) is 2.63. The summed E-state index contributed by atoms with van der Waals surface area (Å²) in [5.41, 5.74) is 5.55.